The van der Waals surface area contributed by atoms with Gasteiger partial charge in [0.2, 0.25) is 0 Å². The topological polar surface area (TPSA) is 17.8 Å². The summed E-state index contributed by atoms with van der Waals surface area (Å²) in [5, 5.41) is 0. The molecular weight excluding hydrogens is 229 g/mol. The SMILES string of the molecule is CC.CCc1c(C(F)(F)F)nc2n1CCCC2. The van der Waals surface area contributed by atoms with E-state index in [0.29, 0.717) is 30.9 Å². The summed E-state index contributed by atoms with van der Waals surface area (Å²) < 4.78 is 39.7. The molecule has 2 heterocycles. The molecule has 1 aliphatic rings. The van der Waals surface area contributed by atoms with Gasteiger partial charge in [0.25, 0.3) is 0 Å². The van der Waals surface area contributed by atoms with Crippen LogP contribution in [-0.2, 0) is 25.6 Å². The van der Waals surface area contributed by atoms with E-state index in [-0.39, 0.29) is 0 Å². The molecule has 0 spiro atoms. The highest BCUT2D eigenvalue weighted by Crippen LogP contribution is 2.33. The van der Waals surface area contributed by atoms with Crippen molar-refractivity contribution >= 4 is 0 Å². The standard InChI is InChI=1S/C10H13F3N2.C2H6/c1-2-7-9(10(11,12)13)14-8-5-3-4-6-15(7)8;1-2/h2-6H2,1H3;1-2H3. The van der Waals surface area contributed by atoms with Crippen LogP contribution in [0.5, 0.6) is 0 Å². The second kappa shape index (κ2) is 5.56. The zero-order chi connectivity index (χ0) is 13.1. The first-order valence-corrected chi connectivity index (χ1v) is 6.19. The molecule has 1 aromatic heterocycles. The number of hydrogen-bond acceptors (Lipinski definition) is 1. The van der Waals surface area contributed by atoms with Crippen molar-refractivity contribution in [3.63, 3.8) is 0 Å². The number of alkyl halides is 3. The van der Waals surface area contributed by atoms with Gasteiger partial charge in [0.1, 0.15) is 5.82 Å². The number of fused-ring (bicyclic) bond motifs is 1. The maximum absolute atomic E-state index is 12.6. The summed E-state index contributed by atoms with van der Waals surface area (Å²) in [5.41, 5.74) is -0.334. The van der Waals surface area contributed by atoms with Gasteiger partial charge in [0.15, 0.2) is 5.69 Å². The van der Waals surface area contributed by atoms with E-state index in [9.17, 15) is 13.2 Å². The van der Waals surface area contributed by atoms with Crippen LogP contribution in [0.4, 0.5) is 13.2 Å². The molecule has 0 N–H and O–H groups in total. The largest absolute Gasteiger partial charge is 0.435 e. The fourth-order valence-electron chi connectivity index (χ4n) is 2.13. The molecule has 17 heavy (non-hydrogen) atoms. The van der Waals surface area contributed by atoms with E-state index in [1.807, 2.05) is 13.8 Å². The second-order valence-corrected chi connectivity index (χ2v) is 3.78. The lowest BCUT2D eigenvalue weighted by molar-refractivity contribution is -0.141. The van der Waals surface area contributed by atoms with Gasteiger partial charge in [-0.3, -0.25) is 0 Å². The Morgan fingerprint density at radius 2 is 1.88 bits per heavy atom. The van der Waals surface area contributed by atoms with Crippen LogP contribution in [0.3, 0.4) is 0 Å². The molecule has 0 amide bonds. The molecular formula is C12H19F3N2. The summed E-state index contributed by atoms with van der Waals surface area (Å²) >= 11 is 0. The lowest BCUT2D eigenvalue weighted by atomic mass is 10.1. The maximum Gasteiger partial charge on any atom is 0.435 e. The number of halogens is 3. The van der Waals surface area contributed by atoms with Gasteiger partial charge >= 0.3 is 6.18 Å². The molecule has 2 rings (SSSR count). The Balaban J connectivity index is 0.000000686. The Kier molecular flexibility index (Phi) is 4.60. The molecule has 1 aromatic rings. The lowest BCUT2D eigenvalue weighted by Gasteiger charge is -2.15. The minimum atomic E-state index is -4.31. The lowest BCUT2D eigenvalue weighted by Crippen LogP contribution is -2.14. The van der Waals surface area contributed by atoms with Crippen molar-refractivity contribution in [1.29, 1.82) is 0 Å². The zero-order valence-corrected chi connectivity index (χ0v) is 10.6. The van der Waals surface area contributed by atoms with Crippen LogP contribution in [0.1, 0.15) is 50.8 Å². The van der Waals surface area contributed by atoms with Gasteiger partial charge in [-0.15, -0.1) is 0 Å². The zero-order valence-electron chi connectivity index (χ0n) is 10.6. The fraction of sp³-hybridized carbons (Fsp3) is 0.750. The first kappa shape index (κ1) is 14.1. The van der Waals surface area contributed by atoms with Crippen molar-refractivity contribution in [1.82, 2.24) is 9.55 Å². The van der Waals surface area contributed by atoms with Crippen LogP contribution in [0.2, 0.25) is 0 Å². The third-order valence-corrected chi connectivity index (χ3v) is 2.79. The van der Waals surface area contributed by atoms with E-state index < -0.39 is 11.9 Å². The molecule has 0 bridgehead atoms. The van der Waals surface area contributed by atoms with Crippen LogP contribution >= 0.6 is 0 Å². The molecule has 5 heteroatoms. The Morgan fingerprint density at radius 1 is 1.24 bits per heavy atom. The average Bonchev–Trinajstić information content (AvgIpc) is 2.70. The third kappa shape index (κ3) is 2.82. The molecule has 2 nitrogen and oxygen atoms in total. The molecule has 0 fully saturated rings. The minimum Gasteiger partial charge on any atom is -0.331 e. The molecule has 0 radical (unpaired) electrons. The molecule has 0 aliphatic carbocycles. The monoisotopic (exact) mass is 248 g/mol. The minimum absolute atomic E-state index is 0.345. The Bertz CT molecular complexity index is 367. The van der Waals surface area contributed by atoms with Gasteiger partial charge in [-0.1, -0.05) is 20.8 Å². The summed E-state index contributed by atoms with van der Waals surface area (Å²) in [7, 11) is 0. The molecule has 0 aromatic carbocycles. The van der Waals surface area contributed by atoms with E-state index in [4.69, 9.17) is 0 Å². The van der Waals surface area contributed by atoms with Crippen LogP contribution < -0.4 is 0 Å². The maximum atomic E-state index is 12.6. The number of aryl methyl sites for hydroxylation is 1. The number of nitrogens with zero attached hydrogens (tertiary/aromatic N) is 2. The van der Waals surface area contributed by atoms with Crippen LogP contribution in [0.15, 0.2) is 0 Å². The predicted molar refractivity (Wildman–Crippen MR) is 60.9 cm³/mol. The number of imidazole rings is 1. The van der Waals surface area contributed by atoms with Crippen molar-refractivity contribution in [2.24, 2.45) is 0 Å². The highest BCUT2D eigenvalue weighted by molar-refractivity contribution is 5.21. The Labute approximate surface area is 99.9 Å². The van der Waals surface area contributed by atoms with Crippen molar-refractivity contribution in [2.45, 2.75) is 59.2 Å². The summed E-state index contributed by atoms with van der Waals surface area (Å²) in [6.45, 7) is 6.43. The average molecular weight is 248 g/mol. The van der Waals surface area contributed by atoms with Crippen molar-refractivity contribution in [3.8, 4) is 0 Å². The Hall–Kier alpha value is -1.00. The van der Waals surface area contributed by atoms with Gasteiger partial charge in [0.05, 0.1) is 0 Å². The first-order chi connectivity index (χ1) is 8.04. The summed E-state index contributed by atoms with van der Waals surface area (Å²) in [5.74, 6) is 0.602. The van der Waals surface area contributed by atoms with E-state index >= 15 is 0 Å². The fourth-order valence-corrected chi connectivity index (χ4v) is 2.13. The van der Waals surface area contributed by atoms with E-state index in [2.05, 4.69) is 4.98 Å². The van der Waals surface area contributed by atoms with Crippen LogP contribution in [0.25, 0.3) is 0 Å². The van der Waals surface area contributed by atoms with Crippen molar-refractivity contribution in [3.05, 3.63) is 17.2 Å². The molecule has 0 saturated heterocycles. The highest BCUT2D eigenvalue weighted by Gasteiger charge is 2.38. The van der Waals surface area contributed by atoms with Gasteiger partial charge in [-0.05, 0) is 19.3 Å². The van der Waals surface area contributed by atoms with Crippen molar-refractivity contribution in [2.75, 3.05) is 0 Å². The molecule has 98 valence electrons. The van der Waals surface area contributed by atoms with Gasteiger partial charge in [-0.2, -0.15) is 13.2 Å². The van der Waals surface area contributed by atoms with Crippen LogP contribution in [-0.4, -0.2) is 9.55 Å². The van der Waals surface area contributed by atoms with Gasteiger partial charge < -0.3 is 4.57 Å². The highest BCUT2D eigenvalue weighted by atomic mass is 19.4. The quantitative estimate of drug-likeness (QED) is 0.738. The first-order valence-electron chi connectivity index (χ1n) is 6.19. The molecule has 0 saturated carbocycles. The van der Waals surface area contributed by atoms with Gasteiger partial charge in [0, 0.05) is 18.7 Å². The Morgan fingerprint density at radius 3 is 2.41 bits per heavy atom. The summed E-state index contributed by atoms with van der Waals surface area (Å²) in [6, 6.07) is 0. The number of hydrogen-bond donors (Lipinski definition) is 0. The predicted octanol–water partition coefficient (Wildman–Crippen LogP) is 3.83. The van der Waals surface area contributed by atoms with E-state index in [1.54, 1.807) is 11.5 Å². The molecule has 1 aliphatic heterocycles. The summed E-state index contributed by atoms with van der Waals surface area (Å²) in [4.78, 5) is 3.73. The second-order valence-electron chi connectivity index (χ2n) is 3.78. The van der Waals surface area contributed by atoms with Gasteiger partial charge in [-0.25, -0.2) is 4.98 Å². The molecule has 0 atom stereocenters. The number of rotatable bonds is 1. The normalized spacial score (nSPS) is 14.9. The summed E-state index contributed by atoms with van der Waals surface area (Å²) in [6.07, 6.45) is -1.36. The molecule has 0 unspecified atom stereocenters. The van der Waals surface area contributed by atoms with E-state index in [0.717, 1.165) is 12.8 Å². The van der Waals surface area contributed by atoms with Crippen LogP contribution in [0, 0.1) is 0 Å². The number of aromatic nitrogens is 2. The van der Waals surface area contributed by atoms with Crippen molar-refractivity contribution < 1.29 is 13.2 Å². The van der Waals surface area contributed by atoms with E-state index in [1.165, 1.54) is 0 Å². The third-order valence-electron chi connectivity index (χ3n) is 2.79. The smallest absolute Gasteiger partial charge is 0.331 e.